The molecule has 0 aliphatic heterocycles. The summed E-state index contributed by atoms with van der Waals surface area (Å²) < 4.78 is 27.7. The Kier molecular flexibility index (Phi) is 5.74. The van der Waals surface area contributed by atoms with Gasteiger partial charge >= 0.3 is 5.97 Å². The summed E-state index contributed by atoms with van der Waals surface area (Å²) in [7, 11) is 1.29. The zero-order chi connectivity index (χ0) is 17.0. The van der Waals surface area contributed by atoms with Gasteiger partial charge in [0.05, 0.1) is 12.8 Å². The van der Waals surface area contributed by atoms with Gasteiger partial charge in [0.1, 0.15) is 6.04 Å². The Balaban J connectivity index is 2.48. The van der Waals surface area contributed by atoms with Crippen LogP contribution < -0.4 is 4.31 Å². The van der Waals surface area contributed by atoms with Crippen molar-refractivity contribution in [2.75, 3.05) is 11.4 Å². The van der Waals surface area contributed by atoms with Crippen LogP contribution >= 0.6 is 0 Å². The maximum atomic E-state index is 12.1. The average Bonchev–Trinajstić information content (AvgIpc) is 2.52. The number of carbonyl (C=O) groups is 1. The van der Waals surface area contributed by atoms with E-state index in [9.17, 15) is 13.6 Å². The van der Waals surface area contributed by atoms with Crippen molar-refractivity contribution in [3.8, 4) is 0 Å². The summed E-state index contributed by atoms with van der Waals surface area (Å²) in [4.78, 5) is 12.1. The fourth-order valence-electron chi connectivity index (χ4n) is 2.56. The lowest BCUT2D eigenvalue weighted by molar-refractivity contribution is -0.142. The number of esters is 1. The number of benzene rings is 2. The Bertz CT molecular complexity index is 717. The van der Waals surface area contributed by atoms with E-state index in [-0.39, 0.29) is 5.92 Å². The Morgan fingerprint density at radius 2 is 1.87 bits per heavy atom. The molecule has 0 aliphatic carbocycles. The molecule has 0 radical (unpaired) electrons. The first-order valence-corrected chi connectivity index (χ1v) is 8.47. The molecule has 1 N–H and O–H groups in total. The standard InChI is InChI=1S/C17H21NO4S/c1-12(2)10-16(17(19)22-3)18(23(20)21)15-9-8-13-6-4-5-7-14(13)11-15/h4-9,11-12,16H,10H2,1-3H3,(H,20,21). The minimum absolute atomic E-state index is 0.172. The first-order chi connectivity index (χ1) is 10.9. The van der Waals surface area contributed by atoms with E-state index in [1.54, 1.807) is 12.1 Å². The van der Waals surface area contributed by atoms with Crippen LogP contribution in [0.2, 0.25) is 0 Å². The van der Waals surface area contributed by atoms with Crippen LogP contribution in [0.15, 0.2) is 42.5 Å². The SMILES string of the molecule is COC(=O)C(CC(C)C)N(c1ccc2ccccc2c1)S(=O)O. The number of hydrogen-bond donors (Lipinski definition) is 1. The molecule has 0 bridgehead atoms. The van der Waals surface area contributed by atoms with Gasteiger partial charge < -0.3 is 4.74 Å². The van der Waals surface area contributed by atoms with Gasteiger partial charge in [-0.1, -0.05) is 44.2 Å². The third-order valence-electron chi connectivity index (χ3n) is 3.61. The number of carbonyl (C=O) groups excluding carboxylic acids is 1. The highest BCUT2D eigenvalue weighted by atomic mass is 32.2. The van der Waals surface area contributed by atoms with E-state index >= 15 is 0 Å². The molecule has 2 atom stereocenters. The highest BCUT2D eigenvalue weighted by Gasteiger charge is 2.31. The highest BCUT2D eigenvalue weighted by Crippen LogP contribution is 2.27. The van der Waals surface area contributed by atoms with Crippen molar-refractivity contribution >= 4 is 33.7 Å². The lowest BCUT2D eigenvalue weighted by Gasteiger charge is -2.29. The molecule has 0 amide bonds. The van der Waals surface area contributed by atoms with E-state index in [1.807, 2.05) is 44.2 Å². The normalized spacial score (nSPS) is 13.8. The molecular weight excluding hydrogens is 314 g/mol. The van der Waals surface area contributed by atoms with Crippen molar-refractivity contribution in [2.24, 2.45) is 5.92 Å². The van der Waals surface area contributed by atoms with E-state index < -0.39 is 23.3 Å². The molecule has 23 heavy (non-hydrogen) atoms. The van der Waals surface area contributed by atoms with Gasteiger partial charge in [-0.2, -0.15) is 0 Å². The minimum Gasteiger partial charge on any atom is -0.467 e. The zero-order valence-corrected chi connectivity index (χ0v) is 14.2. The van der Waals surface area contributed by atoms with Gasteiger partial charge in [-0.15, -0.1) is 0 Å². The lowest BCUT2D eigenvalue weighted by atomic mass is 10.0. The predicted molar refractivity (Wildman–Crippen MR) is 92.5 cm³/mol. The van der Waals surface area contributed by atoms with Gasteiger partial charge in [0.25, 0.3) is 11.3 Å². The van der Waals surface area contributed by atoms with Gasteiger partial charge in [0.2, 0.25) is 0 Å². The van der Waals surface area contributed by atoms with E-state index in [2.05, 4.69) is 0 Å². The Morgan fingerprint density at radius 1 is 1.22 bits per heavy atom. The van der Waals surface area contributed by atoms with Crippen molar-refractivity contribution in [1.29, 1.82) is 0 Å². The average molecular weight is 335 g/mol. The van der Waals surface area contributed by atoms with E-state index in [1.165, 1.54) is 11.4 Å². The number of fused-ring (bicyclic) bond motifs is 1. The van der Waals surface area contributed by atoms with Crippen LogP contribution in [0.4, 0.5) is 5.69 Å². The monoisotopic (exact) mass is 335 g/mol. The first-order valence-electron chi connectivity index (χ1n) is 7.41. The van der Waals surface area contributed by atoms with E-state index in [0.29, 0.717) is 12.1 Å². The maximum absolute atomic E-state index is 12.1. The molecule has 0 spiro atoms. The second kappa shape index (κ2) is 7.57. The van der Waals surface area contributed by atoms with Crippen LogP contribution in [0.1, 0.15) is 20.3 Å². The van der Waals surface area contributed by atoms with Gasteiger partial charge in [0.15, 0.2) is 0 Å². The second-order valence-corrected chi connectivity index (χ2v) is 6.61. The molecule has 5 nitrogen and oxygen atoms in total. The van der Waals surface area contributed by atoms with Crippen LogP contribution in [-0.4, -0.2) is 27.9 Å². The van der Waals surface area contributed by atoms with Crippen molar-refractivity contribution in [3.63, 3.8) is 0 Å². The summed E-state index contributed by atoms with van der Waals surface area (Å²) in [5.74, 6) is -0.347. The Labute approximate surface area is 138 Å². The molecule has 2 aromatic rings. The number of ether oxygens (including phenoxy) is 1. The van der Waals surface area contributed by atoms with Crippen LogP contribution in [0.5, 0.6) is 0 Å². The van der Waals surface area contributed by atoms with Crippen LogP contribution in [0.3, 0.4) is 0 Å². The lowest BCUT2D eigenvalue weighted by Crippen LogP contribution is -2.44. The fourth-order valence-corrected chi connectivity index (χ4v) is 3.25. The number of anilines is 1. The summed E-state index contributed by atoms with van der Waals surface area (Å²) in [5, 5.41) is 1.96. The van der Waals surface area contributed by atoms with E-state index in [0.717, 1.165) is 10.8 Å². The molecule has 0 aliphatic rings. The highest BCUT2D eigenvalue weighted by molar-refractivity contribution is 7.80. The molecule has 0 saturated carbocycles. The van der Waals surface area contributed by atoms with E-state index in [4.69, 9.17) is 4.74 Å². The predicted octanol–water partition coefficient (Wildman–Crippen LogP) is 3.37. The summed E-state index contributed by atoms with van der Waals surface area (Å²) in [6, 6.07) is 12.3. The minimum atomic E-state index is -2.33. The Morgan fingerprint density at radius 3 is 2.43 bits per heavy atom. The van der Waals surface area contributed by atoms with Gasteiger partial charge in [-0.3, -0.25) is 8.86 Å². The summed E-state index contributed by atoms with van der Waals surface area (Å²) in [6.07, 6.45) is 0.422. The smallest absolute Gasteiger partial charge is 0.329 e. The van der Waals surface area contributed by atoms with Crippen LogP contribution in [-0.2, 0) is 20.8 Å². The molecular formula is C17H21NO4S. The summed E-state index contributed by atoms with van der Waals surface area (Å²) in [6.45, 7) is 3.91. The topological polar surface area (TPSA) is 66.8 Å². The third kappa shape index (κ3) is 4.09. The second-order valence-electron chi connectivity index (χ2n) is 5.76. The van der Waals surface area contributed by atoms with Crippen LogP contribution in [0.25, 0.3) is 10.8 Å². The molecule has 124 valence electrons. The molecule has 0 aromatic heterocycles. The molecule has 0 saturated heterocycles. The van der Waals surface area contributed by atoms with Crippen molar-refractivity contribution in [3.05, 3.63) is 42.5 Å². The first kappa shape index (κ1) is 17.4. The molecule has 6 heteroatoms. The molecule has 0 fully saturated rings. The maximum Gasteiger partial charge on any atom is 0.329 e. The number of methoxy groups -OCH3 is 1. The fraction of sp³-hybridized carbons (Fsp3) is 0.353. The van der Waals surface area contributed by atoms with Gasteiger partial charge in [-0.05, 0) is 35.2 Å². The number of hydrogen-bond acceptors (Lipinski definition) is 3. The van der Waals surface area contributed by atoms with Crippen LogP contribution in [0, 0.1) is 5.92 Å². The Hall–Kier alpha value is -1.92. The number of nitrogens with zero attached hydrogens (tertiary/aromatic N) is 1. The molecule has 2 rings (SSSR count). The zero-order valence-electron chi connectivity index (χ0n) is 13.4. The van der Waals surface area contributed by atoms with Crippen molar-refractivity contribution in [2.45, 2.75) is 26.3 Å². The number of rotatable bonds is 6. The summed E-state index contributed by atoms with van der Waals surface area (Å²) >= 11 is -2.33. The summed E-state index contributed by atoms with van der Waals surface area (Å²) in [5.41, 5.74) is 0.514. The molecule has 2 aromatic carbocycles. The third-order valence-corrected chi connectivity index (χ3v) is 4.41. The quantitative estimate of drug-likeness (QED) is 0.649. The van der Waals surface area contributed by atoms with Gasteiger partial charge in [-0.25, -0.2) is 9.00 Å². The largest absolute Gasteiger partial charge is 0.467 e. The molecule has 2 unspecified atom stereocenters. The van der Waals surface area contributed by atoms with Crippen molar-refractivity contribution in [1.82, 2.24) is 0 Å². The molecule has 0 heterocycles. The van der Waals surface area contributed by atoms with Gasteiger partial charge in [0, 0.05) is 0 Å². The van der Waals surface area contributed by atoms with Crippen molar-refractivity contribution < 1.29 is 18.3 Å².